The maximum absolute atomic E-state index is 10.6. The van der Waals surface area contributed by atoms with Crippen molar-refractivity contribution in [2.75, 3.05) is 23.5 Å². The summed E-state index contributed by atoms with van der Waals surface area (Å²) in [5.41, 5.74) is 0. The Kier molecular flexibility index (Phi) is 10.7. The minimum atomic E-state index is -0.780. The smallest absolute Gasteiger partial charge is 0.304 e. The van der Waals surface area contributed by atoms with E-state index >= 15 is 0 Å². The van der Waals surface area contributed by atoms with Crippen LogP contribution in [0.15, 0.2) is 0 Å². The Labute approximate surface area is 127 Å². The van der Waals surface area contributed by atoms with Gasteiger partial charge < -0.3 is 10.2 Å². The van der Waals surface area contributed by atoms with Crippen molar-refractivity contribution in [2.24, 2.45) is 0 Å². The van der Waals surface area contributed by atoms with Crippen LogP contribution in [0.4, 0.5) is 0 Å². The molecule has 0 saturated heterocycles. The lowest BCUT2D eigenvalue weighted by Gasteiger charge is -2.31. The molecule has 0 aromatic heterocycles. The molecular weight excluding hydrogens is 304 g/mol. The van der Waals surface area contributed by atoms with Crippen LogP contribution in [-0.2, 0) is 9.59 Å². The third-order valence-electron chi connectivity index (χ3n) is 2.59. The SMILES string of the molecule is CCC(CCSC)(SCCC(=O)O)SCCC(=O)O. The van der Waals surface area contributed by atoms with E-state index in [-0.39, 0.29) is 16.9 Å². The first kappa shape index (κ1) is 19.0. The topological polar surface area (TPSA) is 74.6 Å². The third-order valence-corrected chi connectivity index (χ3v) is 6.76. The first-order valence-corrected chi connectivity index (χ1v) is 9.52. The highest BCUT2D eigenvalue weighted by molar-refractivity contribution is 8.18. The van der Waals surface area contributed by atoms with Gasteiger partial charge >= 0.3 is 11.9 Å². The van der Waals surface area contributed by atoms with Crippen LogP contribution in [0.5, 0.6) is 0 Å². The summed E-state index contributed by atoms with van der Waals surface area (Å²) < 4.78 is -0.0477. The number of carbonyl (C=O) groups is 2. The number of carboxylic acids is 2. The van der Waals surface area contributed by atoms with Crippen molar-refractivity contribution in [3.63, 3.8) is 0 Å². The van der Waals surface area contributed by atoms with Crippen molar-refractivity contribution in [1.29, 1.82) is 0 Å². The maximum atomic E-state index is 10.6. The number of carboxylic acid groups (broad SMARTS) is 2. The van der Waals surface area contributed by atoms with Gasteiger partial charge in [0.1, 0.15) is 0 Å². The molecule has 112 valence electrons. The van der Waals surface area contributed by atoms with Crippen molar-refractivity contribution < 1.29 is 19.8 Å². The zero-order valence-corrected chi connectivity index (χ0v) is 13.8. The lowest BCUT2D eigenvalue weighted by atomic mass is 10.2. The summed E-state index contributed by atoms with van der Waals surface area (Å²) in [4.78, 5) is 21.2. The zero-order chi connectivity index (χ0) is 14.7. The quantitative estimate of drug-likeness (QED) is 0.533. The van der Waals surface area contributed by atoms with Gasteiger partial charge in [0.2, 0.25) is 0 Å². The molecule has 0 spiro atoms. The summed E-state index contributed by atoms with van der Waals surface area (Å²) in [5.74, 6) is 0.610. The molecular formula is C12H22O4S3. The van der Waals surface area contributed by atoms with Crippen LogP contribution in [0.2, 0.25) is 0 Å². The predicted molar refractivity (Wildman–Crippen MR) is 85.4 cm³/mol. The Bertz CT molecular complexity index is 264. The van der Waals surface area contributed by atoms with E-state index < -0.39 is 11.9 Å². The molecule has 0 saturated carbocycles. The van der Waals surface area contributed by atoms with Crippen molar-refractivity contribution >= 4 is 47.2 Å². The molecule has 0 fully saturated rings. The molecule has 4 nitrogen and oxygen atoms in total. The van der Waals surface area contributed by atoms with Gasteiger partial charge in [-0.2, -0.15) is 11.8 Å². The molecule has 0 radical (unpaired) electrons. The van der Waals surface area contributed by atoms with Gasteiger partial charge in [-0.15, -0.1) is 23.5 Å². The van der Waals surface area contributed by atoms with Gasteiger partial charge in [-0.25, -0.2) is 0 Å². The van der Waals surface area contributed by atoms with Crippen LogP contribution < -0.4 is 0 Å². The summed E-state index contributed by atoms with van der Waals surface area (Å²) in [6.45, 7) is 2.09. The van der Waals surface area contributed by atoms with E-state index in [0.717, 1.165) is 18.6 Å². The number of thioether (sulfide) groups is 3. The summed E-state index contributed by atoms with van der Waals surface area (Å²) >= 11 is 5.09. The van der Waals surface area contributed by atoms with Crippen LogP contribution in [-0.4, -0.2) is 49.7 Å². The predicted octanol–water partition coefficient (Wildman–Crippen LogP) is 3.26. The largest absolute Gasteiger partial charge is 0.481 e. The van der Waals surface area contributed by atoms with E-state index in [4.69, 9.17) is 10.2 Å². The molecule has 2 N–H and O–H groups in total. The Morgan fingerprint density at radius 3 is 1.79 bits per heavy atom. The second-order valence-corrected chi connectivity index (χ2v) is 8.19. The zero-order valence-electron chi connectivity index (χ0n) is 11.4. The van der Waals surface area contributed by atoms with Gasteiger partial charge in [0.15, 0.2) is 0 Å². The molecule has 0 heterocycles. The van der Waals surface area contributed by atoms with Gasteiger partial charge in [0.05, 0.1) is 16.9 Å². The lowest BCUT2D eigenvalue weighted by Crippen LogP contribution is -2.22. The summed E-state index contributed by atoms with van der Waals surface area (Å²) in [5, 5.41) is 17.4. The van der Waals surface area contributed by atoms with Crippen LogP contribution in [0, 0.1) is 0 Å². The maximum Gasteiger partial charge on any atom is 0.304 e. The fourth-order valence-electron chi connectivity index (χ4n) is 1.47. The normalized spacial score (nSPS) is 11.5. The molecule has 0 amide bonds. The summed E-state index contributed by atoms with van der Waals surface area (Å²) in [7, 11) is 0. The Morgan fingerprint density at radius 2 is 1.47 bits per heavy atom. The minimum absolute atomic E-state index is 0.0477. The van der Waals surface area contributed by atoms with Gasteiger partial charge in [-0.1, -0.05) is 6.92 Å². The number of hydrogen-bond donors (Lipinski definition) is 2. The standard InChI is InChI=1S/C12H22O4S3/c1-3-12(6-9-17-2,18-7-4-10(13)14)19-8-5-11(15)16/h3-9H2,1-2H3,(H,13,14)(H,15,16). The molecule has 0 atom stereocenters. The van der Waals surface area contributed by atoms with Crippen LogP contribution in [0.25, 0.3) is 0 Å². The molecule has 0 rings (SSSR count). The van der Waals surface area contributed by atoms with E-state index in [1.165, 1.54) is 0 Å². The van der Waals surface area contributed by atoms with Crippen molar-refractivity contribution in [3.05, 3.63) is 0 Å². The van der Waals surface area contributed by atoms with E-state index in [1.54, 1.807) is 35.3 Å². The molecule has 0 aliphatic heterocycles. The Hall–Kier alpha value is -0.0100. The van der Waals surface area contributed by atoms with E-state index in [9.17, 15) is 9.59 Å². The van der Waals surface area contributed by atoms with Gasteiger partial charge in [-0.05, 0) is 24.9 Å². The fraction of sp³-hybridized carbons (Fsp3) is 0.833. The Balaban J connectivity index is 4.38. The first-order valence-electron chi connectivity index (χ1n) is 6.16. The highest BCUT2D eigenvalue weighted by atomic mass is 32.2. The molecule has 0 aromatic carbocycles. The second-order valence-electron chi connectivity index (χ2n) is 3.99. The molecule has 0 aliphatic carbocycles. The molecule has 7 heteroatoms. The summed E-state index contributed by atoms with van der Waals surface area (Å²) in [6.07, 6.45) is 4.25. The first-order chi connectivity index (χ1) is 8.95. The molecule has 19 heavy (non-hydrogen) atoms. The average Bonchev–Trinajstić information content (AvgIpc) is 2.34. The van der Waals surface area contributed by atoms with Crippen molar-refractivity contribution in [3.8, 4) is 0 Å². The van der Waals surface area contributed by atoms with Crippen LogP contribution in [0.3, 0.4) is 0 Å². The van der Waals surface area contributed by atoms with Crippen molar-refractivity contribution in [2.45, 2.75) is 36.7 Å². The van der Waals surface area contributed by atoms with E-state index in [0.29, 0.717) is 11.5 Å². The molecule has 0 bridgehead atoms. The number of hydrogen-bond acceptors (Lipinski definition) is 5. The average molecular weight is 327 g/mol. The highest BCUT2D eigenvalue weighted by Crippen LogP contribution is 2.44. The highest BCUT2D eigenvalue weighted by Gasteiger charge is 2.29. The fourth-order valence-corrected chi connectivity index (χ4v) is 5.32. The minimum Gasteiger partial charge on any atom is -0.481 e. The van der Waals surface area contributed by atoms with Gasteiger partial charge in [0, 0.05) is 11.5 Å². The summed E-state index contributed by atoms with van der Waals surface area (Å²) in [6, 6.07) is 0. The van der Waals surface area contributed by atoms with E-state index in [2.05, 4.69) is 6.92 Å². The van der Waals surface area contributed by atoms with Crippen LogP contribution >= 0.6 is 35.3 Å². The second kappa shape index (κ2) is 10.7. The van der Waals surface area contributed by atoms with E-state index in [1.807, 2.05) is 6.26 Å². The third kappa shape index (κ3) is 9.51. The Morgan fingerprint density at radius 1 is 1.00 bits per heavy atom. The monoisotopic (exact) mass is 326 g/mol. The molecule has 0 unspecified atom stereocenters. The molecule has 0 aliphatic rings. The number of rotatable bonds is 12. The van der Waals surface area contributed by atoms with Gasteiger partial charge in [0.25, 0.3) is 0 Å². The van der Waals surface area contributed by atoms with Gasteiger partial charge in [-0.3, -0.25) is 9.59 Å². The van der Waals surface area contributed by atoms with Crippen molar-refractivity contribution in [1.82, 2.24) is 0 Å². The lowest BCUT2D eigenvalue weighted by molar-refractivity contribution is -0.137. The van der Waals surface area contributed by atoms with Crippen LogP contribution in [0.1, 0.15) is 32.6 Å². The number of aliphatic carboxylic acids is 2. The molecule has 0 aromatic rings.